The molecule has 7 nitrogen and oxygen atoms in total. The van der Waals surface area contributed by atoms with E-state index in [-0.39, 0.29) is 12.5 Å². The molecule has 0 bridgehead atoms. The number of hydrogen-bond acceptors (Lipinski definition) is 5. The highest BCUT2D eigenvalue weighted by Crippen LogP contribution is 2.37. The van der Waals surface area contributed by atoms with Gasteiger partial charge >= 0.3 is 0 Å². The zero-order valence-electron chi connectivity index (χ0n) is 18.4. The largest absolute Gasteiger partial charge is 0.490 e. The molecule has 0 unspecified atom stereocenters. The molecule has 3 aromatic rings. The van der Waals surface area contributed by atoms with Crippen LogP contribution in [0.5, 0.6) is 11.5 Å². The van der Waals surface area contributed by atoms with Crippen LogP contribution in [0.4, 0.5) is 5.69 Å². The number of carbonyl (C=O) groups is 1. The van der Waals surface area contributed by atoms with Crippen LogP contribution in [0.2, 0.25) is 0 Å². The minimum absolute atomic E-state index is 0.113. The summed E-state index contributed by atoms with van der Waals surface area (Å²) in [6.07, 6.45) is 6.58. The van der Waals surface area contributed by atoms with E-state index in [4.69, 9.17) is 9.47 Å². The Hall–Kier alpha value is -2.84. The molecule has 2 aromatic carbocycles. The van der Waals surface area contributed by atoms with Crippen LogP contribution >= 0.6 is 15.9 Å². The van der Waals surface area contributed by atoms with Gasteiger partial charge in [0.15, 0.2) is 18.1 Å². The van der Waals surface area contributed by atoms with Crippen molar-refractivity contribution >= 4 is 27.5 Å². The average molecular weight is 501 g/mol. The molecule has 170 valence electrons. The first kappa shape index (κ1) is 23.8. The molecule has 0 spiro atoms. The molecule has 0 radical (unpaired) electrons. The minimum atomic E-state index is -0.230. The summed E-state index contributed by atoms with van der Waals surface area (Å²) in [5, 5.41) is 6.28. The molecule has 0 saturated heterocycles. The normalized spacial score (nSPS) is 10.7. The second-order valence-corrected chi connectivity index (χ2v) is 8.23. The maximum Gasteiger partial charge on any atom is 0.262 e. The van der Waals surface area contributed by atoms with Gasteiger partial charge in [-0.15, -0.1) is 0 Å². The lowest BCUT2D eigenvalue weighted by molar-refractivity contribution is -0.118. The van der Waals surface area contributed by atoms with Gasteiger partial charge in [-0.05, 0) is 72.6 Å². The van der Waals surface area contributed by atoms with E-state index in [1.165, 1.54) is 0 Å². The summed E-state index contributed by atoms with van der Waals surface area (Å²) in [7, 11) is 0. The van der Waals surface area contributed by atoms with E-state index in [1.54, 1.807) is 6.20 Å². The molecule has 2 N–H and O–H groups in total. The number of carbonyl (C=O) groups excluding carboxylic acids is 1. The number of benzene rings is 2. The molecule has 0 aliphatic heterocycles. The number of hydrogen-bond donors (Lipinski definition) is 2. The molecule has 3 rings (SSSR count). The second-order valence-electron chi connectivity index (χ2n) is 7.37. The summed E-state index contributed by atoms with van der Waals surface area (Å²) in [5.41, 5.74) is 2.94. The van der Waals surface area contributed by atoms with Crippen LogP contribution in [0.1, 0.15) is 24.5 Å². The lowest BCUT2D eigenvalue weighted by Crippen LogP contribution is -2.20. The Morgan fingerprint density at radius 3 is 2.72 bits per heavy atom. The van der Waals surface area contributed by atoms with Crippen LogP contribution < -0.4 is 20.1 Å². The second kappa shape index (κ2) is 12.3. The van der Waals surface area contributed by atoms with Crippen molar-refractivity contribution in [3.8, 4) is 11.5 Å². The Morgan fingerprint density at radius 1 is 1.19 bits per heavy atom. The van der Waals surface area contributed by atoms with E-state index in [1.807, 2.05) is 62.8 Å². The van der Waals surface area contributed by atoms with Gasteiger partial charge in [0.1, 0.15) is 0 Å². The van der Waals surface area contributed by atoms with Crippen molar-refractivity contribution in [1.82, 2.24) is 14.9 Å². The van der Waals surface area contributed by atoms with Crippen molar-refractivity contribution in [2.24, 2.45) is 0 Å². The zero-order valence-corrected chi connectivity index (χ0v) is 20.0. The molecule has 32 heavy (non-hydrogen) atoms. The number of anilines is 1. The number of imidazole rings is 1. The van der Waals surface area contributed by atoms with E-state index in [9.17, 15) is 4.79 Å². The average Bonchev–Trinajstić information content (AvgIpc) is 3.28. The minimum Gasteiger partial charge on any atom is -0.490 e. The number of amides is 1. The summed E-state index contributed by atoms with van der Waals surface area (Å²) < 4.78 is 14.4. The molecule has 1 amide bonds. The first-order chi connectivity index (χ1) is 15.5. The van der Waals surface area contributed by atoms with Gasteiger partial charge in [0.2, 0.25) is 0 Å². The third kappa shape index (κ3) is 7.39. The van der Waals surface area contributed by atoms with E-state index >= 15 is 0 Å². The zero-order chi connectivity index (χ0) is 22.8. The predicted molar refractivity (Wildman–Crippen MR) is 129 cm³/mol. The topological polar surface area (TPSA) is 77.4 Å². The number of aryl methyl sites for hydroxylation is 2. The third-order valence-electron chi connectivity index (χ3n) is 4.71. The van der Waals surface area contributed by atoms with E-state index in [0.717, 1.165) is 40.8 Å². The van der Waals surface area contributed by atoms with Gasteiger partial charge in [0.05, 0.1) is 17.4 Å². The molecule has 0 saturated carbocycles. The van der Waals surface area contributed by atoms with Crippen molar-refractivity contribution in [2.75, 3.05) is 25.1 Å². The van der Waals surface area contributed by atoms with Gasteiger partial charge < -0.3 is 24.7 Å². The summed E-state index contributed by atoms with van der Waals surface area (Å²) in [6, 6.07) is 11.6. The van der Waals surface area contributed by atoms with Gasteiger partial charge in [-0.3, -0.25) is 4.79 Å². The molecular formula is C24H29BrN4O3. The van der Waals surface area contributed by atoms with Gasteiger partial charge in [0.25, 0.3) is 5.91 Å². The van der Waals surface area contributed by atoms with Crippen molar-refractivity contribution in [3.05, 3.63) is 70.7 Å². The maximum atomic E-state index is 12.3. The quantitative estimate of drug-likeness (QED) is 0.356. The molecule has 1 aromatic heterocycles. The summed E-state index contributed by atoms with van der Waals surface area (Å²) in [5.74, 6) is 0.904. The Morgan fingerprint density at radius 2 is 2.00 bits per heavy atom. The molecule has 1 heterocycles. The molecule has 0 aliphatic rings. The predicted octanol–water partition coefficient (Wildman–Crippen LogP) is 4.55. The number of nitrogens with one attached hydrogen (secondary N) is 2. The van der Waals surface area contributed by atoms with E-state index < -0.39 is 0 Å². The van der Waals surface area contributed by atoms with Crippen molar-refractivity contribution in [2.45, 2.75) is 33.4 Å². The van der Waals surface area contributed by atoms with E-state index in [0.29, 0.717) is 24.7 Å². The molecular weight excluding hydrogens is 472 g/mol. The molecule has 8 heteroatoms. The summed E-state index contributed by atoms with van der Waals surface area (Å²) in [6.45, 7) is 6.83. The van der Waals surface area contributed by atoms with Crippen LogP contribution in [-0.2, 0) is 17.9 Å². The highest BCUT2D eigenvalue weighted by atomic mass is 79.9. The SMILES string of the molecule is CCOc1cc(CNCCCn2ccnc2)cc(Br)c1OCC(=O)Nc1ccc(C)cc1. The smallest absolute Gasteiger partial charge is 0.262 e. The molecule has 0 aliphatic carbocycles. The highest BCUT2D eigenvalue weighted by Gasteiger charge is 2.14. The number of aromatic nitrogens is 2. The number of halogens is 1. The number of ether oxygens (including phenoxy) is 2. The van der Waals surface area contributed by atoms with Gasteiger partial charge in [-0.2, -0.15) is 0 Å². The lowest BCUT2D eigenvalue weighted by Gasteiger charge is -2.16. The van der Waals surface area contributed by atoms with Crippen LogP contribution in [0.25, 0.3) is 0 Å². The van der Waals surface area contributed by atoms with E-state index in [2.05, 4.69) is 36.1 Å². The first-order valence-corrected chi connectivity index (χ1v) is 11.5. The Balaban J connectivity index is 1.53. The standard InChI is InChI=1S/C24H29BrN4O3/c1-3-31-22-14-19(15-26-9-4-11-29-12-10-27-17-29)13-21(25)24(22)32-16-23(30)28-20-7-5-18(2)6-8-20/h5-8,10,12-14,17,26H,3-4,9,11,15-16H2,1-2H3,(H,28,30). The van der Waals surface area contributed by atoms with Crippen molar-refractivity contribution < 1.29 is 14.3 Å². The fraction of sp³-hybridized carbons (Fsp3) is 0.333. The Bertz CT molecular complexity index is 991. The maximum absolute atomic E-state index is 12.3. The van der Waals surface area contributed by atoms with Gasteiger partial charge in [-0.25, -0.2) is 4.98 Å². The van der Waals surface area contributed by atoms with Crippen LogP contribution in [0.3, 0.4) is 0 Å². The molecule has 0 atom stereocenters. The highest BCUT2D eigenvalue weighted by molar-refractivity contribution is 9.10. The van der Waals surface area contributed by atoms with Gasteiger partial charge in [0, 0.05) is 31.2 Å². The van der Waals surface area contributed by atoms with Crippen LogP contribution in [-0.4, -0.2) is 35.2 Å². The fourth-order valence-corrected chi connectivity index (χ4v) is 3.74. The lowest BCUT2D eigenvalue weighted by atomic mass is 10.2. The van der Waals surface area contributed by atoms with Crippen LogP contribution in [0, 0.1) is 6.92 Å². The fourth-order valence-electron chi connectivity index (χ4n) is 3.14. The monoisotopic (exact) mass is 500 g/mol. The molecule has 0 fully saturated rings. The van der Waals surface area contributed by atoms with Crippen LogP contribution in [0.15, 0.2) is 59.6 Å². The van der Waals surface area contributed by atoms with Crippen molar-refractivity contribution in [3.63, 3.8) is 0 Å². The Kier molecular flexibility index (Phi) is 9.13. The number of nitrogens with zero attached hydrogens (tertiary/aromatic N) is 2. The first-order valence-electron chi connectivity index (χ1n) is 10.7. The third-order valence-corrected chi connectivity index (χ3v) is 5.30. The number of rotatable bonds is 12. The Labute approximate surface area is 197 Å². The summed E-state index contributed by atoms with van der Waals surface area (Å²) in [4.78, 5) is 16.3. The van der Waals surface area contributed by atoms with Gasteiger partial charge in [-0.1, -0.05) is 17.7 Å². The summed E-state index contributed by atoms with van der Waals surface area (Å²) >= 11 is 3.57. The van der Waals surface area contributed by atoms with Crippen molar-refractivity contribution in [1.29, 1.82) is 0 Å².